The second kappa shape index (κ2) is 7.01. The third-order valence-electron chi connectivity index (χ3n) is 2.84. The Bertz CT molecular complexity index is 791. The van der Waals surface area contributed by atoms with Crippen LogP contribution in [0.4, 0.5) is 5.69 Å². The largest absolute Gasteiger partial charge is 0.493 e. The number of benzene rings is 2. The maximum absolute atomic E-state index is 12.3. The number of amides is 1. The maximum Gasteiger partial charge on any atom is 0.261 e. The number of carbonyl (C=O) groups excluding carboxylic acids is 1. The van der Waals surface area contributed by atoms with E-state index in [0.29, 0.717) is 5.75 Å². The van der Waals surface area contributed by atoms with Crippen molar-refractivity contribution in [1.29, 1.82) is 0 Å². The van der Waals surface area contributed by atoms with Crippen molar-refractivity contribution in [3.05, 3.63) is 48.5 Å². The molecule has 0 fully saturated rings. The third kappa shape index (κ3) is 4.36. The number of methoxy groups -OCH3 is 1. The molecule has 0 bridgehead atoms. The summed E-state index contributed by atoms with van der Waals surface area (Å²) in [5.41, 5.74) is 5.30. The van der Waals surface area contributed by atoms with Crippen molar-refractivity contribution in [2.45, 2.75) is 4.90 Å². The molecule has 0 aliphatic carbocycles. The fourth-order valence-electron chi connectivity index (χ4n) is 1.82. The van der Waals surface area contributed by atoms with E-state index in [-0.39, 0.29) is 22.9 Å². The molecule has 3 N–H and O–H groups in total. The van der Waals surface area contributed by atoms with E-state index in [2.05, 4.69) is 4.72 Å². The summed E-state index contributed by atoms with van der Waals surface area (Å²) in [5, 5.41) is 0. The molecule has 2 rings (SSSR count). The number of ether oxygens (including phenoxy) is 2. The van der Waals surface area contributed by atoms with Crippen molar-refractivity contribution in [3.8, 4) is 11.5 Å². The van der Waals surface area contributed by atoms with Crippen LogP contribution < -0.4 is 19.9 Å². The minimum Gasteiger partial charge on any atom is -0.493 e. The Hall–Kier alpha value is -2.74. The Morgan fingerprint density at radius 1 is 1.13 bits per heavy atom. The highest BCUT2D eigenvalue weighted by molar-refractivity contribution is 7.92. The zero-order chi connectivity index (χ0) is 16.9. The Morgan fingerprint density at radius 2 is 1.83 bits per heavy atom. The quantitative estimate of drug-likeness (QED) is 0.794. The predicted molar refractivity (Wildman–Crippen MR) is 84.9 cm³/mol. The van der Waals surface area contributed by atoms with Crippen LogP contribution in [0.3, 0.4) is 0 Å². The molecule has 0 saturated carbocycles. The monoisotopic (exact) mass is 336 g/mol. The highest BCUT2D eigenvalue weighted by Gasteiger charge is 2.15. The lowest BCUT2D eigenvalue weighted by atomic mass is 10.3. The minimum atomic E-state index is -3.72. The lowest BCUT2D eigenvalue weighted by Crippen LogP contribution is -2.20. The highest BCUT2D eigenvalue weighted by atomic mass is 32.2. The highest BCUT2D eigenvalue weighted by Crippen LogP contribution is 2.31. The minimum absolute atomic E-state index is 0.135. The van der Waals surface area contributed by atoms with E-state index < -0.39 is 15.9 Å². The SMILES string of the molecule is COc1ccc(NS(=O)(=O)c2ccccc2)cc1OCC(N)=O. The molecule has 1 amide bonds. The fourth-order valence-corrected chi connectivity index (χ4v) is 2.89. The van der Waals surface area contributed by atoms with Crippen molar-refractivity contribution in [2.75, 3.05) is 18.4 Å². The predicted octanol–water partition coefficient (Wildman–Crippen LogP) is 1.36. The van der Waals surface area contributed by atoms with Crippen LogP contribution in [-0.4, -0.2) is 28.0 Å². The van der Waals surface area contributed by atoms with Gasteiger partial charge in [-0.3, -0.25) is 9.52 Å². The first kappa shape index (κ1) is 16.6. The molecular formula is C15H16N2O5S. The van der Waals surface area contributed by atoms with Gasteiger partial charge in [0.15, 0.2) is 18.1 Å². The summed E-state index contributed by atoms with van der Waals surface area (Å²) >= 11 is 0. The van der Waals surface area contributed by atoms with Crippen LogP contribution in [0.25, 0.3) is 0 Å². The maximum atomic E-state index is 12.3. The third-order valence-corrected chi connectivity index (χ3v) is 4.24. The number of sulfonamides is 1. The zero-order valence-corrected chi connectivity index (χ0v) is 13.2. The molecule has 0 aliphatic rings. The van der Waals surface area contributed by atoms with Crippen LogP contribution in [0, 0.1) is 0 Å². The van der Waals surface area contributed by atoms with E-state index in [1.54, 1.807) is 18.2 Å². The number of anilines is 1. The Labute approximate surface area is 134 Å². The van der Waals surface area contributed by atoms with Gasteiger partial charge in [-0.1, -0.05) is 18.2 Å². The number of carbonyl (C=O) groups is 1. The summed E-state index contributed by atoms with van der Waals surface area (Å²) in [7, 11) is -2.29. The van der Waals surface area contributed by atoms with Crippen LogP contribution in [0.2, 0.25) is 0 Å². The fraction of sp³-hybridized carbons (Fsp3) is 0.133. The van der Waals surface area contributed by atoms with Gasteiger partial charge in [-0.05, 0) is 24.3 Å². The molecule has 0 radical (unpaired) electrons. The summed E-state index contributed by atoms with van der Waals surface area (Å²) < 4.78 is 37.3. The second-order valence-corrected chi connectivity index (χ2v) is 6.22. The van der Waals surface area contributed by atoms with Gasteiger partial charge in [-0.2, -0.15) is 0 Å². The van der Waals surface area contributed by atoms with Gasteiger partial charge in [0.25, 0.3) is 15.9 Å². The Kier molecular flexibility index (Phi) is 5.07. The van der Waals surface area contributed by atoms with E-state index in [1.807, 2.05) is 0 Å². The second-order valence-electron chi connectivity index (χ2n) is 4.54. The van der Waals surface area contributed by atoms with Crippen molar-refractivity contribution < 1.29 is 22.7 Å². The van der Waals surface area contributed by atoms with Gasteiger partial charge in [0, 0.05) is 6.07 Å². The average molecular weight is 336 g/mol. The topological polar surface area (TPSA) is 108 Å². The molecule has 23 heavy (non-hydrogen) atoms. The molecule has 0 atom stereocenters. The van der Waals surface area contributed by atoms with Crippen molar-refractivity contribution in [3.63, 3.8) is 0 Å². The summed E-state index contributed by atoms with van der Waals surface area (Å²) in [5.74, 6) is -0.0872. The van der Waals surface area contributed by atoms with Gasteiger partial charge >= 0.3 is 0 Å². The summed E-state index contributed by atoms with van der Waals surface area (Å²) in [6.07, 6.45) is 0. The Balaban J connectivity index is 2.26. The first-order valence-corrected chi connectivity index (χ1v) is 8.07. The van der Waals surface area contributed by atoms with Gasteiger partial charge in [0.1, 0.15) is 0 Å². The number of rotatable bonds is 7. The van der Waals surface area contributed by atoms with Crippen LogP contribution in [0.5, 0.6) is 11.5 Å². The van der Waals surface area contributed by atoms with E-state index in [9.17, 15) is 13.2 Å². The van der Waals surface area contributed by atoms with E-state index in [4.69, 9.17) is 15.2 Å². The zero-order valence-electron chi connectivity index (χ0n) is 12.4. The standard InChI is InChI=1S/C15H16N2O5S/c1-21-13-8-7-11(9-14(13)22-10-15(16)18)17-23(19,20)12-5-3-2-4-6-12/h2-9,17H,10H2,1H3,(H2,16,18). The van der Waals surface area contributed by atoms with Gasteiger partial charge < -0.3 is 15.2 Å². The van der Waals surface area contributed by atoms with Crippen LogP contribution in [0.1, 0.15) is 0 Å². The molecule has 0 saturated heterocycles. The van der Waals surface area contributed by atoms with Gasteiger partial charge in [0.2, 0.25) is 0 Å². The average Bonchev–Trinajstić information content (AvgIpc) is 2.53. The molecule has 0 spiro atoms. The van der Waals surface area contributed by atoms with E-state index >= 15 is 0 Å². The number of hydrogen-bond donors (Lipinski definition) is 2. The number of nitrogens with one attached hydrogen (secondary N) is 1. The van der Waals surface area contributed by atoms with Crippen LogP contribution in [0.15, 0.2) is 53.4 Å². The molecule has 0 heterocycles. The summed E-state index contributed by atoms with van der Waals surface area (Å²) in [6, 6.07) is 12.4. The molecule has 8 heteroatoms. The van der Waals surface area contributed by atoms with Gasteiger partial charge in [-0.25, -0.2) is 8.42 Å². The molecule has 0 unspecified atom stereocenters. The Morgan fingerprint density at radius 3 is 2.43 bits per heavy atom. The molecule has 2 aromatic rings. The smallest absolute Gasteiger partial charge is 0.261 e. The van der Waals surface area contributed by atoms with Crippen LogP contribution >= 0.6 is 0 Å². The lowest BCUT2D eigenvalue weighted by Gasteiger charge is -2.13. The van der Waals surface area contributed by atoms with Crippen molar-refractivity contribution in [2.24, 2.45) is 5.73 Å². The van der Waals surface area contributed by atoms with Crippen LogP contribution in [-0.2, 0) is 14.8 Å². The normalized spacial score (nSPS) is 10.8. The van der Waals surface area contributed by atoms with Crippen molar-refractivity contribution in [1.82, 2.24) is 0 Å². The molecular weight excluding hydrogens is 320 g/mol. The van der Waals surface area contributed by atoms with Crippen molar-refractivity contribution >= 4 is 21.6 Å². The molecule has 0 aromatic heterocycles. The van der Waals surface area contributed by atoms with Gasteiger partial charge in [-0.15, -0.1) is 0 Å². The number of nitrogens with two attached hydrogens (primary N) is 1. The summed E-state index contributed by atoms with van der Waals surface area (Å²) in [4.78, 5) is 11.0. The number of primary amides is 1. The molecule has 0 aliphatic heterocycles. The van der Waals surface area contributed by atoms with E-state index in [0.717, 1.165) is 0 Å². The first-order valence-electron chi connectivity index (χ1n) is 6.59. The summed E-state index contributed by atoms with van der Waals surface area (Å²) in [6.45, 7) is -0.342. The number of hydrogen-bond acceptors (Lipinski definition) is 5. The molecule has 7 nitrogen and oxygen atoms in total. The first-order chi connectivity index (χ1) is 10.9. The molecule has 2 aromatic carbocycles. The van der Waals surface area contributed by atoms with Gasteiger partial charge in [0.05, 0.1) is 17.7 Å². The molecule has 122 valence electrons. The lowest BCUT2D eigenvalue weighted by molar-refractivity contribution is -0.119. The van der Waals surface area contributed by atoms with E-state index in [1.165, 1.54) is 37.4 Å².